The molecule has 6 rings (SSSR count). The van der Waals surface area contributed by atoms with E-state index in [1.54, 1.807) is 18.5 Å². The largest absolute Gasteiger partial charge is 0.506 e. The highest BCUT2D eigenvalue weighted by Gasteiger charge is 2.25. The molecule has 2 aliphatic rings. The standard InChI is InChI=1S/C21H27NO3Si.C15H13NO2/c1-26(2,3)13-12-24-15-25-20-14-22-11-10-19(20)21(23)18-8-6-17(7-9-18)16-4-5-16;17-14-9-16-8-7-13(14)15(18)12-5-3-11(4-6-12)10-1-2-10/h6-11,14,16H,4-5,12-13,15H2,1-3H3;3-10,17H,1-2H2. The molecular formula is C36H40N2O5Si. The third-order valence-electron chi connectivity index (χ3n) is 7.81. The summed E-state index contributed by atoms with van der Waals surface area (Å²) in [5.41, 5.74) is 4.71. The molecule has 2 saturated carbocycles. The fraction of sp³-hybridized carbons (Fsp3) is 0.333. The van der Waals surface area contributed by atoms with Crippen LogP contribution in [-0.2, 0) is 4.74 Å². The maximum atomic E-state index is 12.8. The van der Waals surface area contributed by atoms with Crippen molar-refractivity contribution in [2.75, 3.05) is 13.4 Å². The molecule has 0 saturated heterocycles. The lowest BCUT2D eigenvalue weighted by atomic mass is 10.0. The van der Waals surface area contributed by atoms with Crippen LogP contribution in [-0.4, -0.2) is 48.1 Å². The molecule has 0 aliphatic heterocycles. The van der Waals surface area contributed by atoms with E-state index < -0.39 is 8.07 Å². The zero-order valence-corrected chi connectivity index (χ0v) is 26.7. The Kier molecular flexibility index (Phi) is 10.0. The number of ether oxygens (including phenoxy) is 2. The minimum Gasteiger partial charge on any atom is -0.506 e. The maximum absolute atomic E-state index is 12.8. The Morgan fingerprint density at radius 2 is 1.25 bits per heavy atom. The van der Waals surface area contributed by atoms with Gasteiger partial charge in [-0.1, -0.05) is 68.2 Å². The van der Waals surface area contributed by atoms with Gasteiger partial charge in [0.2, 0.25) is 0 Å². The van der Waals surface area contributed by atoms with Crippen LogP contribution in [0, 0.1) is 0 Å². The molecule has 0 amide bonds. The molecule has 228 valence electrons. The van der Waals surface area contributed by atoms with Gasteiger partial charge in [0, 0.05) is 38.2 Å². The normalized spacial score (nSPS) is 14.3. The Morgan fingerprint density at radius 3 is 1.75 bits per heavy atom. The topological polar surface area (TPSA) is 98.6 Å². The Labute approximate surface area is 260 Å². The molecule has 8 heteroatoms. The van der Waals surface area contributed by atoms with Gasteiger partial charge in [0.15, 0.2) is 24.1 Å². The second-order valence-corrected chi connectivity index (χ2v) is 18.3. The summed E-state index contributed by atoms with van der Waals surface area (Å²) in [5, 5.41) is 9.61. The Hall–Kier alpha value is -4.14. The first-order valence-corrected chi connectivity index (χ1v) is 19.0. The molecule has 2 aromatic carbocycles. The summed E-state index contributed by atoms with van der Waals surface area (Å²) >= 11 is 0. The number of ketones is 2. The lowest BCUT2D eigenvalue weighted by Gasteiger charge is -2.16. The predicted molar refractivity (Wildman–Crippen MR) is 173 cm³/mol. The molecule has 4 aromatic rings. The van der Waals surface area contributed by atoms with Crippen LogP contribution in [0.2, 0.25) is 25.7 Å². The summed E-state index contributed by atoms with van der Waals surface area (Å²) in [4.78, 5) is 32.9. The number of hydrogen-bond donors (Lipinski definition) is 1. The third kappa shape index (κ3) is 8.71. The van der Waals surface area contributed by atoms with Crippen LogP contribution in [0.5, 0.6) is 11.5 Å². The number of rotatable bonds is 12. The van der Waals surface area contributed by atoms with Gasteiger partial charge in [-0.15, -0.1) is 0 Å². The molecule has 0 spiro atoms. The monoisotopic (exact) mass is 608 g/mol. The van der Waals surface area contributed by atoms with Crippen molar-refractivity contribution in [2.45, 2.75) is 63.2 Å². The van der Waals surface area contributed by atoms with Crippen molar-refractivity contribution in [1.29, 1.82) is 0 Å². The molecule has 0 unspecified atom stereocenters. The first-order valence-electron chi connectivity index (χ1n) is 15.3. The first-order chi connectivity index (χ1) is 21.2. The lowest BCUT2D eigenvalue weighted by molar-refractivity contribution is 0.0214. The van der Waals surface area contributed by atoms with Crippen molar-refractivity contribution in [1.82, 2.24) is 9.97 Å². The van der Waals surface area contributed by atoms with Crippen LogP contribution in [0.4, 0.5) is 0 Å². The first kappa shape index (κ1) is 31.3. The van der Waals surface area contributed by atoms with Crippen LogP contribution >= 0.6 is 0 Å². The average molecular weight is 609 g/mol. The van der Waals surface area contributed by atoms with Crippen molar-refractivity contribution in [2.24, 2.45) is 0 Å². The minimum absolute atomic E-state index is 0.0492. The predicted octanol–water partition coefficient (Wildman–Crippen LogP) is 7.78. The molecule has 1 N–H and O–H groups in total. The highest BCUT2D eigenvalue weighted by atomic mass is 28.3. The van der Waals surface area contributed by atoms with Gasteiger partial charge in [0.1, 0.15) is 5.75 Å². The van der Waals surface area contributed by atoms with Crippen molar-refractivity contribution in [3.8, 4) is 11.5 Å². The minimum atomic E-state index is -1.11. The number of aromatic nitrogens is 2. The van der Waals surface area contributed by atoms with E-state index in [-0.39, 0.29) is 24.1 Å². The summed E-state index contributed by atoms with van der Waals surface area (Å²) in [6.07, 6.45) is 11.0. The summed E-state index contributed by atoms with van der Waals surface area (Å²) < 4.78 is 11.3. The van der Waals surface area contributed by atoms with Gasteiger partial charge in [0.05, 0.1) is 23.5 Å². The van der Waals surface area contributed by atoms with E-state index in [0.717, 1.165) is 6.04 Å². The molecule has 2 aliphatic carbocycles. The fourth-order valence-corrected chi connectivity index (χ4v) is 5.52. The van der Waals surface area contributed by atoms with Gasteiger partial charge in [-0.3, -0.25) is 19.6 Å². The maximum Gasteiger partial charge on any atom is 0.196 e. The smallest absolute Gasteiger partial charge is 0.196 e. The Bertz CT molecular complexity index is 1570. The molecular weight excluding hydrogens is 568 g/mol. The van der Waals surface area contributed by atoms with E-state index in [1.807, 2.05) is 36.4 Å². The number of benzene rings is 2. The van der Waals surface area contributed by atoms with Crippen LogP contribution < -0.4 is 4.74 Å². The van der Waals surface area contributed by atoms with Gasteiger partial charge in [0.25, 0.3) is 0 Å². The molecule has 0 radical (unpaired) electrons. The van der Waals surface area contributed by atoms with Gasteiger partial charge in [-0.25, -0.2) is 0 Å². The van der Waals surface area contributed by atoms with Crippen molar-refractivity contribution in [3.05, 3.63) is 119 Å². The van der Waals surface area contributed by atoms with Gasteiger partial charge in [-0.05, 0) is 66.8 Å². The van der Waals surface area contributed by atoms with Crippen LogP contribution in [0.3, 0.4) is 0 Å². The number of nitrogens with zero attached hydrogens (tertiary/aromatic N) is 2. The van der Waals surface area contributed by atoms with Gasteiger partial charge in [-0.2, -0.15) is 0 Å². The highest BCUT2D eigenvalue weighted by molar-refractivity contribution is 6.76. The lowest BCUT2D eigenvalue weighted by Crippen LogP contribution is -2.22. The molecule has 7 nitrogen and oxygen atoms in total. The number of pyridine rings is 2. The van der Waals surface area contributed by atoms with E-state index >= 15 is 0 Å². The van der Waals surface area contributed by atoms with Gasteiger partial charge < -0.3 is 14.6 Å². The number of aromatic hydroxyl groups is 1. The summed E-state index contributed by atoms with van der Waals surface area (Å²) in [6.45, 7) is 7.75. The van der Waals surface area contributed by atoms with Crippen molar-refractivity contribution >= 4 is 19.6 Å². The van der Waals surface area contributed by atoms with Gasteiger partial charge >= 0.3 is 0 Å². The van der Waals surface area contributed by atoms with Crippen molar-refractivity contribution < 1.29 is 24.2 Å². The molecule has 2 fully saturated rings. The second-order valence-electron chi connectivity index (χ2n) is 12.7. The van der Waals surface area contributed by atoms with E-state index in [0.29, 0.717) is 46.4 Å². The quantitative estimate of drug-likeness (QED) is 0.0759. The van der Waals surface area contributed by atoms with Crippen LogP contribution in [0.25, 0.3) is 0 Å². The summed E-state index contributed by atoms with van der Waals surface area (Å²) in [5.74, 6) is 1.55. The SMILES string of the molecule is C[Si](C)(C)CCOCOc1cnccc1C(=O)c1ccc(C2CC2)cc1.O=C(c1ccc(C2CC2)cc1)c1ccncc1O. The summed E-state index contributed by atoms with van der Waals surface area (Å²) in [6, 6.07) is 19.9. The van der Waals surface area contributed by atoms with Crippen LogP contribution in [0.15, 0.2) is 85.5 Å². The molecule has 2 heterocycles. The zero-order chi connectivity index (χ0) is 31.1. The Morgan fingerprint density at radius 1 is 0.750 bits per heavy atom. The number of hydrogen-bond acceptors (Lipinski definition) is 7. The van der Waals surface area contributed by atoms with E-state index in [1.165, 1.54) is 55.3 Å². The fourth-order valence-electron chi connectivity index (χ4n) is 4.76. The molecule has 0 bridgehead atoms. The van der Waals surface area contributed by atoms with E-state index in [4.69, 9.17) is 9.47 Å². The second kappa shape index (κ2) is 14.1. The molecule has 44 heavy (non-hydrogen) atoms. The number of carbonyl (C=O) groups is 2. The average Bonchev–Trinajstić information content (AvgIpc) is 3.95. The Balaban J connectivity index is 0.000000186. The van der Waals surface area contributed by atoms with E-state index in [2.05, 4.69) is 41.7 Å². The highest BCUT2D eigenvalue weighted by Crippen LogP contribution is 2.40. The van der Waals surface area contributed by atoms with Crippen LogP contribution in [0.1, 0.15) is 80.5 Å². The summed E-state index contributed by atoms with van der Waals surface area (Å²) in [7, 11) is -1.11. The van der Waals surface area contributed by atoms with Crippen molar-refractivity contribution in [3.63, 3.8) is 0 Å². The third-order valence-corrected chi connectivity index (χ3v) is 9.52. The number of carbonyl (C=O) groups excluding carboxylic acids is 2. The zero-order valence-electron chi connectivity index (χ0n) is 25.7. The molecule has 0 atom stereocenters. The van der Waals surface area contributed by atoms with E-state index in [9.17, 15) is 14.7 Å². The molecule has 2 aromatic heterocycles.